The van der Waals surface area contributed by atoms with Crippen LogP contribution in [0.3, 0.4) is 0 Å². The molecule has 0 unspecified atom stereocenters. The number of urea groups is 1. The quantitative estimate of drug-likeness (QED) is 0.807. The van der Waals surface area contributed by atoms with Crippen molar-refractivity contribution >= 4 is 17.6 Å². The number of carbonyl (C=O) groups is 2. The summed E-state index contributed by atoms with van der Waals surface area (Å²) in [5, 5.41) is 0. The van der Waals surface area contributed by atoms with Crippen molar-refractivity contribution in [2.75, 3.05) is 19.1 Å². The second-order valence-electron chi connectivity index (χ2n) is 6.11. The summed E-state index contributed by atoms with van der Waals surface area (Å²) in [5.41, 5.74) is 2.65. The van der Waals surface area contributed by atoms with Crippen molar-refractivity contribution in [1.82, 2.24) is 4.90 Å². The van der Waals surface area contributed by atoms with Crippen molar-refractivity contribution in [1.29, 1.82) is 0 Å². The van der Waals surface area contributed by atoms with Gasteiger partial charge < -0.3 is 14.4 Å². The summed E-state index contributed by atoms with van der Waals surface area (Å²) < 4.78 is 10.6. The zero-order valence-electron chi connectivity index (χ0n) is 14.1. The molecule has 6 nitrogen and oxygen atoms in total. The molecule has 2 aliphatic rings. The summed E-state index contributed by atoms with van der Waals surface area (Å²) >= 11 is 0. The fourth-order valence-electron chi connectivity index (χ4n) is 3.51. The molecule has 2 aromatic carbocycles. The number of nitrogens with zero attached hydrogens (tertiary/aromatic N) is 2. The number of anilines is 1. The van der Waals surface area contributed by atoms with E-state index in [9.17, 15) is 9.59 Å². The predicted molar refractivity (Wildman–Crippen MR) is 91.9 cm³/mol. The number of hydrogen-bond acceptors (Lipinski definition) is 4. The van der Waals surface area contributed by atoms with E-state index in [1.165, 1.54) is 12.0 Å². The monoisotopic (exact) mass is 338 g/mol. The van der Waals surface area contributed by atoms with E-state index >= 15 is 0 Å². The van der Waals surface area contributed by atoms with Gasteiger partial charge in [-0.05, 0) is 23.3 Å². The van der Waals surface area contributed by atoms with Crippen molar-refractivity contribution in [2.45, 2.75) is 19.0 Å². The number of carbonyl (C=O) groups excluding carboxylic acids is 2. The molecule has 25 heavy (non-hydrogen) atoms. The molecule has 0 spiro atoms. The van der Waals surface area contributed by atoms with Gasteiger partial charge in [0.25, 0.3) is 5.91 Å². The van der Waals surface area contributed by atoms with E-state index in [-0.39, 0.29) is 11.9 Å². The minimum absolute atomic E-state index is 0.219. The Morgan fingerprint density at radius 1 is 1.00 bits per heavy atom. The number of rotatable bonds is 3. The van der Waals surface area contributed by atoms with Gasteiger partial charge in [0, 0.05) is 19.0 Å². The van der Waals surface area contributed by atoms with Crippen LogP contribution in [0.15, 0.2) is 42.5 Å². The molecule has 0 aliphatic carbocycles. The zero-order valence-corrected chi connectivity index (χ0v) is 14.1. The first-order valence-corrected chi connectivity index (χ1v) is 8.07. The Balaban J connectivity index is 1.72. The lowest BCUT2D eigenvalue weighted by atomic mass is 9.95. The molecule has 128 valence electrons. The number of methoxy groups -OCH3 is 2. The highest BCUT2D eigenvalue weighted by molar-refractivity contribution is 6.22. The molecule has 0 N–H and O–H groups in total. The van der Waals surface area contributed by atoms with Crippen LogP contribution in [0.5, 0.6) is 11.5 Å². The minimum Gasteiger partial charge on any atom is -0.497 e. The molecule has 0 bridgehead atoms. The average molecular weight is 338 g/mol. The lowest BCUT2D eigenvalue weighted by Gasteiger charge is -2.28. The lowest BCUT2D eigenvalue weighted by Crippen LogP contribution is -2.39. The predicted octanol–water partition coefficient (Wildman–Crippen LogP) is 2.60. The summed E-state index contributed by atoms with van der Waals surface area (Å²) in [6.45, 7) is 0.445. The Kier molecular flexibility index (Phi) is 3.60. The number of ether oxygens (including phenoxy) is 2. The van der Waals surface area contributed by atoms with E-state index in [4.69, 9.17) is 9.47 Å². The molecule has 1 atom stereocenters. The minimum atomic E-state index is -0.464. The van der Waals surface area contributed by atoms with E-state index in [0.717, 1.165) is 11.1 Å². The first-order valence-electron chi connectivity index (χ1n) is 8.07. The van der Waals surface area contributed by atoms with Gasteiger partial charge in [-0.3, -0.25) is 4.79 Å². The second-order valence-corrected chi connectivity index (χ2v) is 6.11. The third-order valence-corrected chi connectivity index (χ3v) is 4.82. The van der Waals surface area contributed by atoms with Gasteiger partial charge in [0.1, 0.15) is 17.5 Å². The van der Waals surface area contributed by atoms with Gasteiger partial charge >= 0.3 is 6.03 Å². The van der Waals surface area contributed by atoms with Crippen molar-refractivity contribution < 1.29 is 19.1 Å². The maximum Gasteiger partial charge on any atom is 0.332 e. The molecule has 0 radical (unpaired) electrons. The molecule has 1 fully saturated rings. The van der Waals surface area contributed by atoms with Gasteiger partial charge in [0.15, 0.2) is 0 Å². The van der Waals surface area contributed by atoms with Crippen molar-refractivity contribution in [3.8, 4) is 11.5 Å². The molecule has 4 rings (SSSR count). The molecular formula is C19H18N2O4. The first-order chi connectivity index (χ1) is 12.1. The molecule has 3 amide bonds. The van der Waals surface area contributed by atoms with Crippen LogP contribution in [-0.4, -0.2) is 37.1 Å². The normalized spacial score (nSPS) is 18.9. The fourth-order valence-corrected chi connectivity index (χ4v) is 3.51. The number of benzene rings is 2. The van der Waals surface area contributed by atoms with Crippen LogP contribution < -0.4 is 14.4 Å². The fraction of sp³-hybridized carbons (Fsp3) is 0.263. The van der Waals surface area contributed by atoms with Gasteiger partial charge in [0.2, 0.25) is 0 Å². The maximum atomic E-state index is 13.0. The number of imide groups is 1. The van der Waals surface area contributed by atoms with Crippen molar-refractivity contribution in [2.24, 2.45) is 0 Å². The van der Waals surface area contributed by atoms with E-state index in [2.05, 4.69) is 0 Å². The van der Waals surface area contributed by atoms with Gasteiger partial charge in [-0.25, -0.2) is 9.69 Å². The number of amides is 3. The molecular weight excluding hydrogens is 320 g/mol. The van der Waals surface area contributed by atoms with Crippen LogP contribution in [0.4, 0.5) is 10.5 Å². The van der Waals surface area contributed by atoms with E-state index in [1.807, 2.05) is 24.3 Å². The Morgan fingerprint density at radius 3 is 2.48 bits per heavy atom. The van der Waals surface area contributed by atoms with Crippen LogP contribution in [0, 0.1) is 0 Å². The number of fused-ring (bicyclic) bond motifs is 2. The third kappa shape index (κ3) is 2.33. The molecule has 6 heteroatoms. The molecule has 2 aromatic rings. The molecule has 2 aliphatic heterocycles. The zero-order chi connectivity index (χ0) is 17.6. The summed E-state index contributed by atoms with van der Waals surface area (Å²) in [7, 11) is 3.06. The highest BCUT2D eigenvalue weighted by Crippen LogP contribution is 2.38. The highest BCUT2D eigenvalue weighted by atomic mass is 16.5. The van der Waals surface area contributed by atoms with Crippen molar-refractivity contribution in [3.63, 3.8) is 0 Å². The average Bonchev–Trinajstić information content (AvgIpc) is 2.89. The number of hydrogen-bond donors (Lipinski definition) is 0. The third-order valence-electron chi connectivity index (χ3n) is 4.82. The van der Waals surface area contributed by atoms with E-state index in [1.54, 1.807) is 30.2 Å². The molecule has 0 saturated carbocycles. The van der Waals surface area contributed by atoms with Gasteiger partial charge in [-0.2, -0.15) is 0 Å². The maximum absolute atomic E-state index is 13.0. The van der Waals surface area contributed by atoms with Gasteiger partial charge in [0.05, 0.1) is 19.9 Å². The summed E-state index contributed by atoms with van der Waals surface area (Å²) in [5.74, 6) is 0.811. The smallest absolute Gasteiger partial charge is 0.332 e. The summed E-state index contributed by atoms with van der Waals surface area (Å²) in [6.07, 6.45) is 0.537. The van der Waals surface area contributed by atoms with Gasteiger partial charge in [-0.15, -0.1) is 0 Å². The largest absolute Gasteiger partial charge is 0.497 e. The Labute approximate surface area is 145 Å². The van der Waals surface area contributed by atoms with E-state index in [0.29, 0.717) is 30.2 Å². The summed E-state index contributed by atoms with van der Waals surface area (Å²) in [4.78, 5) is 28.7. The molecule has 2 heterocycles. The summed E-state index contributed by atoms with van der Waals surface area (Å²) in [6, 6.07) is 12.2. The second kappa shape index (κ2) is 5.81. The van der Waals surface area contributed by atoms with Crippen LogP contribution in [0.1, 0.15) is 11.1 Å². The lowest BCUT2D eigenvalue weighted by molar-refractivity contribution is -0.120. The topological polar surface area (TPSA) is 59.1 Å². The van der Waals surface area contributed by atoms with Gasteiger partial charge in [-0.1, -0.05) is 24.3 Å². The SMILES string of the molecule is COc1ccc(N2C(=O)[C@@H]3Cc4ccccc4CN3C2=O)c(OC)c1. The first kappa shape index (κ1) is 15.5. The Bertz CT molecular complexity index is 821. The molecule has 0 aromatic heterocycles. The van der Waals surface area contributed by atoms with Crippen LogP contribution in [0.25, 0.3) is 0 Å². The van der Waals surface area contributed by atoms with Crippen LogP contribution in [0.2, 0.25) is 0 Å². The van der Waals surface area contributed by atoms with E-state index < -0.39 is 6.04 Å². The van der Waals surface area contributed by atoms with Crippen LogP contribution >= 0.6 is 0 Å². The highest BCUT2D eigenvalue weighted by Gasteiger charge is 2.48. The van der Waals surface area contributed by atoms with Crippen LogP contribution in [-0.2, 0) is 17.8 Å². The Morgan fingerprint density at radius 2 is 1.76 bits per heavy atom. The Hall–Kier alpha value is -3.02. The standard InChI is InChI=1S/C19H18N2O4/c1-24-14-7-8-15(17(10-14)25-2)21-18(22)16-9-12-5-3-4-6-13(12)11-20(16)19(21)23/h3-8,10,16H,9,11H2,1-2H3/t16-/m0/s1. The van der Waals surface area contributed by atoms with Crippen molar-refractivity contribution in [3.05, 3.63) is 53.6 Å². The molecule has 1 saturated heterocycles.